The number of hydrogen-bond donors (Lipinski definition) is 1. The summed E-state index contributed by atoms with van der Waals surface area (Å²) in [6.07, 6.45) is 0.988. The Balaban J connectivity index is 1.42. The molecule has 0 spiro atoms. The molecule has 0 unspecified atom stereocenters. The first kappa shape index (κ1) is 20.6. The van der Waals surface area contributed by atoms with Gasteiger partial charge in [0.05, 0.1) is 13.5 Å². The van der Waals surface area contributed by atoms with Crippen molar-refractivity contribution in [1.82, 2.24) is 5.32 Å². The van der Waals surface area contributed by atoms with E-state index in [1.165, 1.54) is 12.1 Å². The molecule has 0 bridgehead atoms. The van der Waals surface area contributed by atoms with Gasteiger partial charge in [0.2, 0.25) is 5.91 Å². The molecule has 0 radical (unpaired) electrons. The summed E-state index contributed by atoms with van der Waals surface area (Å²) in [5.41, 5.74) is 4.27. The summed E-state index contributed by atoms with van der Waals surface area (Å²) in [5, 5.41) is 2.89. The minimum absolute atomic E-state index is 0.0566. The van der Waals surface area contributed by atoms with Gasteiger partial charge in [-0.05, 0) is 65.6 Å². The maximum Gasteiger partial charge on any atom is 0.258 e. The van der Waals surface area contributed by atoms with Crippen molar-refractivity contribution < 1.29 is 18.7 Å². The average Bonchev–Trinajstić information content (AvgIpc) is 3.22. The number of nitrogens with zero attached hydrogens (tertiary/aromatic N) is 1. The molecule has 2 amide bonds. The van der Waals surface area contributed by atoms with Crippen molar-refractivity contribution in [2.24, 2.45) is 0 Å². The third-order valence-electron chi connectivity index (χ3n) is 5.39. The summed E-state index contributed by atoms with van der Waals surface area (Å²) in [4.78, 5) is 27.0. The van der Waals surface area contributed by atoms with E-state index in [4.69, 9.17) is 4.74 Å². The third-order valence-corrected chi connectivity index (χ3v) is 5.39. The number of carbonyl (C=O) groups is 2. The molecule has 1 N–H and O–H groups in total. The van der Waals surface area contributed by atoms with Crippen molar-refractivity contribution in [3.05, 3.63) is 94.8 Å². The molecule has 0 saturated carbocycles. The Bertz CT molecular complexity index is 1090. The monoisotopic (exact) mass is 418 g/mol. The van der Waals surface area contributed by atoms with Gasteiger partial charge in [-0.25, -0.2) is 4.39 Å². The number of halogens is 1. The molecule has 0 atom stereocenters. The molecule has 0 saturated heterocycles. The largest absolute Gasteiger partial charge is 0.497 e. The van der Waals surface area contributed by atoms with Crippen molar-refractivity contribution in [2.75, 3.05) is 18.6 Å². The fourth-order valence-electron chi connectivity index (χ4n) is 3.69. The van der Waals surface area contributed by atoms with Crippen molar-refractivity contribution in [1.29, 1.82) is 0 Å². The maximum atomic E-state index is 13.0. The first-order chi connectivity index (χ1) is 15.0. The molecular formula is C25H23FN2O3. The van der Waals surface area contributed by atoms with Crippen LogP contribution in [0.15, 0.2) is 66.7 Å². The Labute approximate surface area is 180 Å². The van der Waals surface area contributed by atoms with Crippen LogP contribution in [0, 0.1) is 5.82 Å². The van der Waals surface area contributed by atoms with Crippen molar-refractivity contribution >= 4 is 17.5 Å². The number of nitrogens with one attached hydrogen (secondary N) is 1. The number of anilines is 1. The Hall–Kier alpha value is -3.67. The van der Waals surface area contributed by atoms with Crippen molar-refractivity contribution in [2.45, 2.75) is 19.4 Å². The second-order valence-corrected chi connectivity index (χ2v) is 7.48. The molecule has 4 rings (SSSR count). The van der Waals surface area contributed by atoms with Crippen molar-refractivity contribution in [3.63, 3.8) is 0 Å². The molecule has 5 nitrogen and oxygen atoms in total. The van der Waals surface area contributed by atoms with Gasteiger partial charge in [0.1, 0.15) is 11.6 Å². The summed E-state index contributed by atoms with van der Waals surface area (Å²) >= 11 is 0. The topological polar surface area (TPSA) is 58.6 Å². The van der Waals surface area contributed by atoms with Crippen LogP contribution in [0.25, 0.3) is 0 Å². The van der Waals surface area contributed by atoms with Crippen LogP contribution in [0.3, 0.4) is 0 Å². The van der Waals surface area contributed by atoms with Crippen LogP contribution < -0.4 is 15.0 Å². The van der Waals surface area contributed by atoms with E-state index in [1.54, 1.807) is 48.4 Å². The second kappa shape index (κ2) is 9.00. The number of fused-ring (bicyclic) bond motifs is 1. The lowest BCUT2D eigenvalue weighted by atomic mass is 10.1. The lowest BCUT2D eigenvalue weighted by Crippen LogP contribution is -2.29. The van der Waals surface area contributed by atoms with Crippen LogP contribution in [-0.2, 0) is 24.2 Å². The van der Waals surface area contributed by atoms with E-state index < -0.39 is 0 Å². The zero-order chi connectivity index (χ0) is 21.8. The summed E-state index contributed by atoms with van der Waals surface area (Å²) in [6.45, 7) is 0.985. The van der Waals surface area contributed by atoms with Gasteiger partial charge in [0, 0.05) is 24.3 Å². The van der Waals surface area contributed by atoms with E-state index in [-0.39, 0.29) is 24.1 Å². The Morgan fingerprint density at radius 2 is 1.71 bits per heavy atom. The summed E-state index contributed by atoms with van der Waals surface area (Å²) < 4.78 is 18.2. The van der Waals surface area contributed by atoms with Crippen LogP contribution in [-0.4, -0.2) is 25.5 Å². The number of carbonyl (C=O) groups excluding carboxylic acids is 2. The van der Waals surface area contributed by atoms with Crippen LogP contribution >= 0.6 is 0 Å². The molecule has 31 heavy (non-hydrogen) atoms. The lowest BCUT2D eigenvalue weighted by molar-refractivity contribution is -0.120. The first-order valence-corrected chi connectivity index (χ1v) is 10.1. The van der Waals surface area contributed by atoms with E-state index in [9.17, 15) is 14.0 Å². The third kappa shape index (κ3) is 4.74. The molecule has 0 fully saturated rings. The highest BCUT2D eigenvalue weighted by atomic mass is 19.1. The zero-order valence-corrected chi connectivity index (χ0v) is 17.2. The summed E-state index contributed by atoms with van der Waals surface area (Å²) in [7, 11) is 1.59. The molecule has 3 aromatic carbocycles. The van der Waals surface area contributed by atoms with E-state index >= 15 is 0 Å². The van der Waals surface area contributed by atoms with E-state index in [1.807, 2.05) is 18.2 Å². The molecule has 1 aliphatic rings. The smallest absolute Gasteiger partial charge is 0.258 e. The van der Waals surface area contributed by atoms with E-state index in [0.717, 1.165) is 28.8 Å². The molecule has 1 aliphatic heterocycles. The number of ether oxygens (including phenoxy) is 1. The summed E-state index contributed by atoms with van der Waals surface area (Å²) in [5.74, 6) is 0.185. The number of amides is 2. The van der Waals surface area contributed by atoms with Crippen LogP contribution in [0.4, 0.5) is 10.1 Å². The fraction of sp³-hybridized carbons (Fsp3) is 0.200. The van der Waals surface area contributed by atoms with Crippen LogP contribution in [0.5, 0.6) is 5.75 Å². The molecular weight excluding hydrogens is 395 g/mol. The molecule has 6 heteroatoms. The molecule has 0 aromatic heterocycles. The van der Waals surface area contributed by atoms with Gasteiger partial charge in [0.15, 0.2) is 0 Å². The van der Waals surface area contributed by atoms with Gasteiger partial charge in [-0.2, -0.15) is 0 Å². The molecule has 158 valence electrons. The number of rotatable bonds is 6. The first-order valence-electron chi connectivity index (χ1n) is 10.1. The SMILES string of the molecule is COc1ccc(C(=O)N2CCc3ccc(CNC(=O)Cc4ccc(F)cc4)cc32)cc1. The minimum Gasteiger partial charge on any atom is -0.497 e. The fourth-order valence-corrected chi connectivity index (χ4v) is 3.69. The highest BCUT2D eigenvalue weighted by molar-refractivity contribution is 6.07. The summed E-state index contributed by atoms with van der Waals surface area (Å²) in [6, 6.07) is 18.9. The van der Waals surface area contributed by atoms with Gasteiger partial charge in [-0.3, -0.25) is 9.59 Å². The maximum absolute atomic E-state index is 13.0. The van der Waals surface area contributed by atoms with E-state index in [0.29, 0.717) is 24.4 Å². The minimum atomic E-state index is -0.323. The normalized spacial score (nSPS) is 12.4. The second-order valence-electron chi connectivity index (χ2n) is 7.48. The highest BCUT2D eigenvalue weighted by Crippen LogP contribution is 2.30. The molecule has 0 aliphatic carbocycles. The van der Waals surface area contributed by atoms with Crippen LogP contribution in [0.1, 0.15) is 27.0 Å². The Morgan fingerprint density at radius 1 is 1.00 bits per heavy atom. The molecule has 3 aromatic rings. The van der Waals surface area contributed by atoms with Gasteiger partial charge in [-0.1, -0.05) is 24.3 Å². The van der Waals surface area contributed by atoms with Gasteiger partial charge in [0.25, 0.3) is 5.91 Å². The number of hydrogen-bond acceptors (Lipinski definition) is 3. The van der Waals surface area contributed by atoms with Gasteiger partial charge >= 0.3 is 0 Å². The van der Waals surface area contributed by atoms with Crippen molar-refractivity contribution in [3.8, 4) is 5.75 Å². The average molecular weight is 418 g/mol. The number of benzene rings is 3. The lowest BCUT2D eigenvalue weighted by Gasteiger charge is -2.18. The van der Waals surface area contributed by atoms with Gasteiger partial charge in [-0.15, -0.1) is 0 Å². The Kier molecular flexibility index (Phi) is 5.98. The van der Waals surface area contributed by atoms with Gasteiger partial charge < -0.3 is 15.0 Å². The molecule has 1 heterocycles. The predicted molar refractivity (Wildman–Crippen MR) is 117 cm³/mol. The standard InChI is InChI=1S/C25H23FN2O3/c1-31-22-10-6-20(7-11-22)25(30)28-13-12-19-5-2-18(14-23(19)28)16-27-24(29)15-17-3-8-21(26)9-4-17/h2-11,14H,12-13,15-16H2,1H3,(H,27,29). The van der Waals surface area contributed by atoms with E-state index in [2.05, 4.69) is 5.32 Å². The highest BCUT2D eigenvalue weighted by Gasteiger charge is 2.26. The zero-order valence-electron chi connectivity index (χ0n) is 17.2. The number of methoxy groups -OCH3 is 1. The van der Waals surface area contributed by atoms with Crippen LogP contribution in [0.2, 0.25) is 0 Å². The Morgan fingerprint density at radius 3 is 2.42 bits per heavy atom. The quantitative estimate of drug-likeness (QED) is 0.661. The predicted octanol–water partition coefficient (Wildman–Crippen LogP) is 3.90.